The lowest BCUT2D eigenvalue weighted by molar-refractivity contribution is 0.601. The summed E-state index contributed by atoms with van der Waals surface area (Å²) in [6, 6.07) is 17.3. The first-order valence-electron chi connectivity index (χ1n) is 6.43. The highest BCUT2D eigenvalue weighted by atomic mass is 35.5. The van der Waals surface area contributed by atoms with Crippen LogP contribution in [0, 0.1) is 0 Å². The molecule has 0 aromatic heterocycles. The fraction of sp³-hybridized carbons (Fsp3) is 0. The summed E-state index contributed by atoms with van der Waals surface area (Å²) >= 11 is 12.0. The van der Waals surface area contributed by atoms with Gasteiger partial charge < -0.3 is 0 Å². The smallest absolute Gasteiger partial charge is 0.262 e. The van der Waals surface area contributed by atoms with Gasteiger partial charge >= 0.3 is 0 Å². The molecule has 0 aliphatic heterocycles. The molecule has 0 unspecified atom stereocenters. The third-order valence-electron chi connectivity index (χ3n) is 3.23. The van der Waals surface area contributed by atoms with Crippen LogP contribution >= 0.6 is 23.2 Å². The molecular formula is C16H11Cl2NO2S. The molecule has 3 nitrogen and oxygen atoms in total. The van der Waals surface area contributed by atoms with Crippen LogP contribution < -0.4 is 4.72 Å². The SMILES string of the molecule is O=S(=O)(Nc1c(Cl)cccc1Cl)c1ccc2ccccc2c1. The van der Waals surface area contributed by atoms with E-state index in [0.717, 1.165) is 10.8 Å². The summed E-state index contributed by atoms with van der Waals surface area (Å²) in [5, 5.41) is 2.31. The van der Waals surface area contributed by atoms with Crippen molar-refractivity contribution in [3.05, 3.63) is 70.7 Å². The summed E-state index contributed by atoms with van der Waals surface area (Å²) in [6.07, 6.45) is 0. The summed E-state index contributed by atoms with van der Waals surface area (Å²) in [7, 11) is -3.77. The first-order valence-corrected chi connectivity index (χ1v) is 8.67. The first-order chi connectivity index (χ1) is 10.5. The van der Waals surface area contributed by atoms with Gasteiger partial charge in [0.15, 0.2) is 0 Å². The molecule has 1 N–H and O–H groups in total. The van der Waals surface area contributed by atoms with Crippen molar-refractivity contribution in [2.75, 3.05) is 4.72 Å². The predicted molar refractivity (Wildman–Crippen MR) is 91.2 cm³/mol. The number of para-hydroxylation sites is 1. The Kier molecular flexibility index (Phi) is 4.00. The van der Waals surface area contributed by atoms with Gasteiger partial charge in [0.2, 0.25) is 0 Å². The second-order valence-electron chi connectivity index (χ2n) is 4.71. The van der Waals surface area contributed by atoms with E-state index < -0.39 is 10.0 Å². The minimum atomic E-state index is -3.77. The van der Waals surface area contributed by atoms with Gasteiger partial charge in [-0.15, -0.1) is 0 Å². The van der Waals surface area contributed by atoms with Crippen LogP contribution in [0.4, 0.5) is 5.69 Å². The highest BCUT2D eigenvalue weighted by Crippen LogP contribution is 2.32. The quantitative estimate of drug-likeness (QED) is 0.725. The fourth-order valence-corrected chi connectivity index (χ4v) is 3.86. The Labute approximate surface area is 138 Å². The molecule has 0 aliphatic carbocycles. The standard InChI is InChI=1S/C16H11Cl2NO2S/c17-14-6-3-7-15(18)16(14)19-22(20,21)13-9-8-11-4-1-2-5-12(11)10-13/h1-10,19H. The molecule has 3 aromatic rings. The molecule has 112 valence electrons. The Morgan fingerprint density at radius 2 is 1.41 bits per heavy atom. The monoisotopic (exact) mass is 351 g/mol. The van der Waals surface area contributed by atoms with Gasteiger partial charge in [-0.25, -0.2) is 8.42 Å². The largest absolute Gasteiger partial charge is 0.277 e. The lowest BCUT2D eigenvalue weighted by Gasteiger charge is -2.11. The molecule has 22 heavy (non-hydrogen) atoms. The zero-order valence-corrected chi connectivity index (χ0v) is 13.6. The molecule has 0 spiro atoms. The third-order valence-corrected chi connectivity index (χ3v) is 5.21. The Bertz CT molecular complexity index is 935. The highest BCUT2D eigenvalue weighted by molar-refractivity contribution is 7.92. The lowest BCUT2D eigenvalue weighted by Crippen LogP contribution is -2.13. The van der Waals surface area contributed by atoms with E-state index in [2.05, 4.69) is 4.72 Å². The fourth-order valence-electron chi connectivity index (χ4n) is 2.12. The molecule has 0 bridgehead atoms. The summed E-state index contributed by atoms with van der Waals surface area (Å²) in [5.74, 6) is 0. The molecule has 3 aromatic carbocycles. The van der Waals surface area contributed by atoms with E-state index in [1.807, 2.05) is 24.3 Å². The molecule has 0 saturated carbocycles. The third kappa shape index (κ3) is 2.90. The van der Waals surface area contributed by atoms with Crippen molar-refractivity contribution in [2.45, 2.75) is 4.90 Å². The van der Waals surface area contributed by atoms with Crippen LogP contribution in [0.3, 0.4) is 0 Å². The van der Waals surface area contributed by atoms with Gasteiger partial charge in [-0.2, -0.15) is 0 Å². The van der Waals surface area contributed by atoms with Crippen LogP contribution in [-0.4, -0.2) is 8.42 Å². The van der Waals surface area contributed by atoms with E-state index in [0.29, 0.717) is 0 Å². The van der Waals surface area contributed by atoms with Gasteiger partial charge in [-0.3, -0.25) is 4.72 Å². The molecule has 0 atom stereocenters. The van der Waals surface area contributed by atoms with Crippen LogP contribution in [0.15, 0.2) is 65.6 Å². The molecule has 6 heteroatoms. The maximum Gasteiger partial charge on any atom is 0.262 e. The van der Waals surface area contributed by atoms with Crippen molar-refractivity contribution in [3.63, 3.8) is 0 Å². The molecule has 0 amide bonds. The summed E-state index contributed by atoms with van der Waals surface area (Å²) < 4.78 is 27.5. The number of sulfonamides is 1. The number of benzene rings is 3. The van der Waals surface area contributed by atoms with Crippen molar-refractivity contribution in [1.29, 1.82) is 0 Å². The maximum absolute atomic E-state index is 12.5. The number of hydrogen-bond acceptors (Lipinski definition) is 2. The summed E-state index contributed by atoms with van der Waals surface area (Å²) in [4.78, 5) is 0.155. The molecule has 0 fully saturated rings. The van der Waals surface area contributed by atoms with Gasteiger partial charge in [0.1, 0.15) is 0 Å². The van der Waals surface area contributed by atoms with E-state index in [-0.39, 0.29) is 20.6 Å². The van der Waals surface area contributed by atoms with Crippen LogP contribution in [0.5, 0.6) is 0 Å². The Morgan fingerprint density at radius 1 is 0.773 bits per heavy atom. The Balaban J connectivity index is 2.05. The number of hydrogen-bond donors (Lipinski definition) is 1. The van der Waals surface area contributed by atoms with E-state index in [9.17, 15) is 8.42 Å². The number of anilines is 1. The van der Waals surface area contributed by atoms with Crippen molar-refractivity contribution in [2.24, 2.45) is 0 Å². The second kappa shape index (κ2) is 5.80. The Hall–Kier alpha value is -1.75. The molecule has 0 saturated heterocycles. The topological polar surface area (TPSA) is 46.2 Å². The predicted octanol–water partition coefficient (Wildman–Crippen LogP) is 4.95. The second-order valence-corrected chi connectivity index (χ2v) is 7.21. The van der Waals surface area contributed by atoms with Crippen LogP contribution in [0.1, 0.15) is 0 Å². The first kappa shape index (κ1) is 15.2. The van der Waals surface area contributed by atoms with E-state index >= 15 is 0 Å². The number of halogens is 2. The zero-order chi connectivity index (χ0) is 15.7. The van der Waals surface area contributed by atoms with E-state index in [4.69, 9.17) is 23.2 Å². The van der Waals surface area contributed by atoms with Gasteiger partial charge in [0, 0.05) is 0 Å². The van der Waals surface area contributed by atoms with Gasteiger partial charge in [-0.05, 0) is 35.0 Å². The van der Waals surface area contributed by atoms with Crippen LogP contribution in [0.2, 0.25) is 10.0 Å². The number of fused-ring (bicyclic) bond motifs is 1. The molecule has 0 aliphatic rings. The van der Waals surface area contributed by atoms with Crippen molar-refractivity contribution >= 4 is 49.7 Å². The summed E-state index contributed by atoms with van der Waals surface area (Å²) in [6.45, 7) is 0. The van der Waals surface area contributed by atoms with Crippen LogP contribution in [-0.2, 0) is 10.0 Å². The van der Waals surface area contributed by atoms with Gasteiger partial charge in [-0.1, -0.05) is 59.6 Å². The average molecular weight is 352 g/mol. The number of rotatable bonds is 3. The molecule has 3 rings (SSSR count). The van der Waals surface area contributed by atoms with Crippen molar-refractivity contribution < 1.29 is 8.42 Å². The van der Waals surface area contributed by atoms with E-state index in [1.165, 1.54) is 0 Å². The molecule has 0 heterocycles. The minimum Gasteiger partial charge on any atom is -0.277 e. The molecular weight excluding hydrogens is 341 g/mol. The lowest BCUT2D eigenvalue weighted by atomic mass is 10.1. The minimum absolute atomic E-state index is 0.155. The van der Waals surface area contributed by atoms with Crippen LogP contribution in [0.25, 0.3) is 10.8 Å². The van der Waals surface area contributed by atoms with Gasteiger partial charge in [0.05, 0.1) is 20.6 Å². The van der Waals surface area contributed by atoms with Gasteiger partial charge in [0.25, 0.3) is 10.0 Å². The zero-order valence-electron chi connectivity index (χ0n) is 11.3. The number of nitrogens with one attached hydrogen (secondary N) is 1. The van der Waals surface area contributed by atoms with Crippen molar-refractivity contribution in [3.8, 4) is 0 Å². The van der Waals surface area contributed by atoms with E-state index in [1.54, 1.807) is 36.4 Å². The highest BCUT2D eigenvalue weighted by Gasteiger charge is 2.18. The average Bonchev–Trinajstić information content (AvgIpc) is 2.50. The normalized spacial score (nSPS) is 11.5. The van der Waals surface area contributed by atoms with Crippen molar-refractivity contribution in [1.82, 2.24) is 0 Å². The summed E-state index contributed by atoms with van der Waals surface area (Å²) in [5.41, 5.74) is 0.180. The molecule has 0 radical (unpaired) electrons. The maximum atomic E-state index is 12.5. The Morgan fingerprint density at radius 3 is 2.09 bits per heavy atom.